The summed E-state index contributed by atoms with van der Waals surface area (Å²) in [6.45, 7) is 9.88. The first-order valence-electron chi connectivity index (χ1n) is 9.79. The van der Waals surface area contributed by atoms with Crippen LogP contribution < -0.4 is 5.32 Å². The summed E-state index contributed by atoms with van der Waals surface area (Å²) < 4.78 is 1.65. The Bertz CT molecular complexity index is 974. The minimum Gasteiger partial charge on any atom is -0.348 e. The molecule has 8 heteroatoms. The monoisotopic (exact) mass is 386 g/mol. The number of nitrogens with zero attached hydrogens (tertiary/aromatic N) is 5. The van der Waals surface area contributed by atoms with Gasteiger partial charge in [-0.05, 0) is 43.8 Å². The molecule has 0 aromatic carbocycles. The van der Waals surface area contributed by atoms with Crippen molar-refractivity contribution in [1.82, 2.24) is 29.8 Å². The Hall–Kier alpha value is -2.06. The third-order valence-electron chi connectivity index (χ3n) is 5.49. The quantitative estimate of drug-likeness (QED) is 0.705. The number of aryl methyl sites for hydroxylation is 1. The van der Waals surface area contributed by atoms with Crippen LogP contribution in [0.5, 0.6) is 0 Å². The lowest BCUT2D eigenvalue weighted by molar-refractivity contribution is 0.0939. The van der Waals surface area contributed by atoms with E-state index in [9.17, 15) is 4.79 Å². The molecular weight excluding hydrogens is 360 g/mol. The predicted molar refractivity (Wildman–Crippen MR) is 108 cm³/mol. The first-order chi connectivity index (χ1) is 13.1. The zero-order valence-electron chi connectivity index (χ0n) is 16.2. The maximum Gasteiger partial charge on any atom is 0.291 e. The van der Waals surface area contributed by atoms with Crippen molar-refractivity contribution in [3.8, 4) is 0 Å². The summed E-state index contributed by atoms with van der Waals surface area (Å²) in [4.78, 5) is 26.4. The summed E-state index contributed by atoms with van der Waals surface area (Å²) in [5.74, 6) is 0.488. The van der Waals surface area contributed by atoms with Crippen LogP contribution in [0.1, 0.15) is 60.6 Å². The van der Waals surface area contributed by atoms with Gasteiger partial charge in [-0.1, -0.05) is 20.8 Å². The van der Waals surface area contributed by atoms with E-state index in [-0.39, 0.29) is 11.7 Å². The maximum atomic E-state index is 12.5. The molecule has 1 atom stereocenters. The van der Waals surface area contributed by atoms with Crippen LogP contribution in [0.15, 0.2) is 6.33 Å². The van der Waals surface area contributed by atoms with E-state index in [2.05, 4.69) is 46.1 Å². The van der Waals surface area contributed by atoms with Crippen LogP contribution in [0.2, 0.25) is 0 Å². The van der Waals surface area contributed by atoms with Crippen molar-refractivity contribution in [2.45, 2.75) is 46.0 Å². The van der Waals surface area contributed by atoms with Crippen molar-refractivity contribution in [2.75, 3.05) is 26.2 Å². The number of likely N-dealkylation sites (N-methyl/N-ethyl adjacent to an activating group) is 1. The molecule has 3 heterocycles. The average molecular weight is 387 g/mol. The lowest BCUT2D eigenvalue weighted by Gasteiger charge is -2.18. The summed E-state index contributed by atoms with van der Waals surface area (Å²) in [5, 5.41) is 8.39. The highest BCUT2D eigenvalue weighted by Crippen LogP contribution is 2.42. The summed E-state index contributed by atoms with van der Waals surface area (Å²) >= 11 is 1.76. The summed E-state index contributed by atoms with van der Waals surface area (Å²) in [7, 11) is 0. The van der Waals surface area contributed by atoms with Crippen LogP contribution >= 0.6 is 11.3 Å². The van der Waals surface area contributed by atoms with E-state index in [1.165, 1.54) is 23.3 Å². The molecule has 0 radical (unpaired) electrons. The van der Waals surface area contributed by atoms with Gasteiger partial charge < -0.3 is 10.2 Å². The summed E-state index contributed by atoms with van der Waals surface area (Å²) in [5.41, 5.74) is 2.11. The normalized spacial score (nSPS) is 17.0. The lowest BCUT2D eigenvalue weighted by atomic mass is 9.87. The molecule has 7 nitrogen and oxygen atoms in total. The number of fused-ring (bicyclic) bond motifs is 5. The van der Waals surface area contributed by atoms with Gasteiger partial charge in [-0.3, -0.25) is 4.79 Å². The number of hydrogen-bond donors (Lipinski definition) is 1. The van der Waals surface area contributed by atoms with Crippen molar-refractivity contribution < 1.29 is 4.79 Å². The fourth-order valence-electron chi connectivity index (χ4n) is 3.93. The van der Waals surface area contributed by atoms with E-state index in [1.807, 2.05) is 0 Å². The second kappa shape index (κ2) is 7.52. The fraction of sp³-hybridized carbons (Fsp3) is 0.579. The number of carbonyl (C=O) groups is 1. The Morgan fingerprint density at radius 3 is 3.00 bits per heavy atom. The molecule has 3 aromatic heterocycles. The number of hydrogen-bond acceptors (Lipinski definition) is 6. The second-order valence-corrected chi connectivity index (χ2v) is 8.23. The van der Waals surface area contributed by atoms with E-state index >= 15 is 0 Å². The lowest BCUT2D eigenvalue weighted by Crippen LogP contribution is -2.35. The Balaban J connectivity index is 1.63. The molecule has 0 fully saturated rings. The van der Waals surface area contributed by atoms with Crippen molar-refractivity contribution in [3.63, 3.8) is 0 Å². The standard InChI is InChI=1S/C19H26N6OS/c1-4-24(5-2)10-9-20-18(26)16-22-17-15-14-12(3)7-6-8-13(14)27-19(15)21-11-25(17)23-16/h11-12H,4-10H2,1-3H3,(H,20,26)/t12-/m0/s1. The molecular formula is C19H26N6OS. The number of thiophene rings is 1. The van der Waals surface area contributed by atoms with Crippen LogP contribution in [0, 0.1) is 0 Å². The van der Waals surface area contributed by atoms with Gasteiger partial charge in [0.25, 0.3) is 5.91 Å². The van der Waals surface area contributed by atoms with E-state index in [0.29, 0.717) is 12.5 Å². The van der Waals surface area contributed by atoms with E-state index in [0.717, 1.165) is 41.9 Å². The summed E-state index contributed by atoms with van der Waals surface area (Å²) in [6, 6.07) is 0. The number of amides is 1. The molecule has 1 amide bonds. The SMILES string of the molecule is CCN(CC)CCNC(=O)c1nc2c3c4c(sc3ncn2n1)CCC[C@@H]4C. The molecule has 0 aliphatic heterocycles. The van der Waals surface area contributed by atoms with Gasteiger partial charge in [0.2, 0.25) is 5.82 Å². The van der Waals surface area contributed by atoms with Crippen LogP contribution in [-0.4, -0.2) is 56.6 Å². The van der Waals surface area contributed by atoms with Gasteiger partial charge in [-0.15, -0.1) is 16.4 Å². The third kappa shape index (κ3) is 3.32. The Morgan fingerprint density at radius 1 is 1.41 bits per heavy atom. The molecule has 0 saturated carbocycles. The Labute approximate surface area is 162 Å². The molecule has 1 aliphatic rings. The number of nitrogens with one attached hydrogen (secondary N) is 1. The molecule has 144 valence electrons. The highest BCUT2D eigenvalue weighted by Gasteiger charge is 2.25. The Morgan fingerprint density at radius 2 is 2.22 bits per heavy atom. The van der Waals surface area contributed by atoms with Crippen molar-refractivity contribution >= 4 is 33.1 Å². The number of rotatable bonds is 6. The van der Waals surface area contributed by atoms with Crippen LogP contribution in [0.4, 0.5) is 0 Å². The zero-order valence-corrected chi connectivity index (χ0v) is 17.0. The largest absolute Gasteiger partial charge is 0.348 e. The smallest absolute Gasteiger partial charge is 0.291 e. The molecule has 4 rings (SSSR count). The van der Waals surface area contributed by atoms with Gasteiger partial charge >= 0.3 is 0 Å². The molecule has 0 unspecified atom stereocenters. The molecule has 1 N–H and O–H groups in total. The first kappa shape index (κ1) is 18.3. The molecule has 0 bridgehead atoms. The Kier molecular flexibility index (Phi) is 5.10. The van der Waals surface area contributed by atoms with Gasteiger partial charge in [-0.25, -0.2) is 14.5 Å². The minimum atomic E-state index is -0.226. The van der Waals surface area contributed by atoms with Crippen LogP contribution in [0.3, 0.4) is 0 Å². The van der Waals surface area contributed by atoms with Crippen molar-refractivity contribution in [1.29, 1.82) is 0 Å². The van der Waals surface area contributed by atoms with Crippen molar-refractivity contribution in [3.05, 3.63) is 22.6 Å². The molecule has 1 aliphatic carbocycles. The predicted octanol–water partition coefficient (Wildman–Crippen LogP) is 2.85. The van der Waals surface area contributed by atoms with E-state index in [4.69, 9.17) is 0 Å². The molecule has 3 aromatic rings. The van der Waals surface area contributed by atoms with Gasteiger partial charge in [0, 0.05) is 18.0 Å². The first-order valence-corrected chi connectivity index (χ1v) is 10.6. The van der Waals surface area contributed by atoms with Crippen LogP contribution in [-0.2, 0) is 6.42 Å². The summed E-state index contributed by atoms with van der Waals surface area (Å²) in [6.07, 6.45) is 5.19. The molecule has 0 spiro atoms. The fourth-order valence-corrected chi connectivity index (χ4v) is 5.22. The number of carbonyl (C=O) groups excluding carboxylic acids is 1. The van der Waals surface area contributed by atoms with Gasteiger partial charge in [0.05, 0.1) is 5.39 Å². The van der Waals surface area contributed by atoms with E-state index in [1.54, 1.807) is 22.2 Å². The maximum absolute atomic E-state index is 12.5. The topological polar surface area (TPSA) is 75.4 Å². The minimum absolute atomic E-state index is 0.215. The van der Waals surface area contributed by atoms with E-state index < -0.39 is 0 Å². The third-order valence-corrected chi connectivity index (χ3v) is 6.66. The highest BCUT2D eigenvalue weighted by molar-refractivity contribution is 7.19. The van der Waals surface area contributed by atoms with Crippen LogP contribution in [0.25, 0.3) is 15.9 Å². The van der Waals surface area contributed by atoms with Gasteiger partial charge in [0.15, 0.2) is 5.65 Å². The average Bonchev–Trinajstić information content (AvgIpc) is 3.26. The molecule has 27 heavy (non-hydrogen) atoms. The second-order valence-electron chi connectivity index (χ2n) is 7.14. The molecule has 0 saturated heterocycles. The van der Waals surface area contributed by atoms with Gasteiger partial charge in [-0.2, -0.15) is 0 Å². The number of aromatic nitrogens is 4. The van der Waals surface area contributed by atoms with Crippen molar-refractivity contribution in [2.24, 2.45) is 0 Å². The highest BCUT2D eigenvalue weighted by atomic mass is 32.1. The zero-order chi connectivity index (χ0) is 19.0. The van der Waals surface area contributed by atoms with Gasteiger partial charge in [0.1, 0.15) is 11.2 Å².